The van der Waals surface area contributed by atoms with E-state index in [-0.39, 0.29) is 36.3 Å². The lowest BCUT2D eigenvalue weighted by molar-refractivity contribution is -0.144. The highest BCUT2D eigenvalue weighted by Crippen LogP contribution is 2.26. The van der Waals surface area contributed by atoms with Crippen molar-refractivity contribution in [1.82, 2.24) is 21.1 Å². The molecule has 0 radical (unpaired) electrons. The van der Waals surface area contributed by atoms with Gasteiger partial charge in [-0.2, -0.15) is 0 Å². The minimum absolute atomic E-state index is 0. The maximum absolute atomic E-state index is 13.2. The third kappa shape index (κ3) is 4.45. The van der Waals surface area contributed by atoms with E-state index in [0.717, 1.165) is 25.1 Å². The molecule has 7 nitrogen and oxygen atoms in total. The van der Waals surface area contributed by atoms with E-state index in [9.17, 15) is 9.90 Å². The molecule has 27 heavy (non-hydrogen) atoms. The molecule has 150 valence electrons. The van der Waals surface area contributed by atoms with Crippen molar-refractivity contribution >= 4 is 18.3 Å². The molecule has 1 aromatic rings. The Morgan fingerprint density at radius 3 is 2.93 bits per heavy atom. The number of benzene rings is 1. The SMILES string of the molecule is Cl.O=C(C1NNC2CCNCC21)N1CCOCC1CC(O)c1ccccc1. The molecule has 0 spiro atoms. The summed E-state index contributed by atoms with van der Waals surface area (Å²) >= 11 is 0. The first-order chi connectivity index (χ1) is 12.7. The lowest BCUT2D eigenvalue weighted by Gasteiger charge is -2.39. The van der Waals surface area contributed by atoms with Crippen LogP contribution in [0.2, 0.25) is 0 Å². The highest BCUT2D eigenvalue weighted by molar-refractivity contribution is 5.85. The van der Waals surface area contributed by atoms with Crippen LogP contribution < -0.4 is 16.2 Å². The molecule has 0 aliphatic carbocycles. The summed E-state index contributed by atoms with van der Waals surface area (Å²) in [7, 11) is 0. The fourth-order valence-corrected chi connectivity index (χ4v) is 4.35. The van der Waals surface area contributed by atoms with Crippen molar-refractivity contribution in [3.63, 3.8) is 0 Å². The number of hydrogen-bond acceptors (Lipinski definition) is 6. The minimum atomic E-state index is -0.600. The number of ether oxygens (including phenoxy) is 1. The topological polar surface area (TPSA) is 85.9 Å². The molecular formula is C19H29ClN4O3. The van der Waals surface area contributed by atoms with Crippen molar-refractivity contribution in [2.24, 2.45) is 5.92 Å². The molecule has 0 bridgehead atoms. The van der Waals surface area contributed by atoms with E-state index in [2.05, 4.69) is 16.2 Å². The normalized spacial score (nSPS) is 31.7. The Labute approximate surface area is 166 Å². The number of halogens is 1. The molecule has 3 heterocycles. The fraction of sp³-hybridized carbons (Fsp3) is 0.632. The average Bonchev–Trinajstić information content (AvgIpc) is 3.13. The van der Waals surface area contributed by atoms with Crippen LogP contribution in [0.25, 0.3) is 0 Å². The second-order valence-electron chi connectivity index (χ2n) is 7.45. The molecule has 5 unspecified atom stereocenters. The molecule has 8 heteroatoms. The smallest absolute Gasteiger partial charge is 0.241 e. The van der Waals surface area contributed by atoms with Gasteiger partial charge in [0.05, 0.1) is 25.4 Å². The molecular weight excluding hydrogens is 368 g/mol. The number of hydrazine groups is 1. The van der Waals surface area contributed by atoms with Gasteiger partial charge >= 0.3 is 0 Å². The van der Waals surface area contributed by atoms with Crippen LogP contribution in [0.1, 0.15) is 24.5 Å². The summed E-state index contributed by atoms with van der Waals surface area (Å²) in [5, 5.41) is 14.0. The third-order valence-electron chi connectivity index (χ3n) is 5.84. The second kappa shape index (κ2) is 9.32. The molecule has 1 aromatic carbocycles. The van der Waals surface area contributed by atoms with Crippen molar-refractivity contribution in [2.75, 3.05) is 32.8 Å². The molecule has 3 aliphatic rings. The Hall–Kier alpha value is -1.22. The lowest BCUT2D eigenvalue weighted by atomic mass is 9.88. The van der Waals surface area contributed by atoms with Gasteiger partial charge < -0.3 is 20.1 Å². The standard InChI is InChI=1S/C19H28N4O3.ClH/c24-17(13-4-2-1-3-5-13)10-14-12-26-9-8-23(14)19(25)18-15-11-20-7-6-16(15)21-22-18;/h1-5,14-18,20-22,24H,6-12H2;1H. The molecule has 1 amide bonds. The van der Waals surface area contributed by atoms with Crippen LogP contribution >= 0.6 is 12.4 Å². The summed E-state index contributed by atoms with van der Waals surface area (Å²) in [5.41, 5.74) is 7.39. The lowest BCUT2D eigenvalue weighted by Crippen LogP contribution is -2.57. The van der Waals surface area contributed by atoms with E-state index in [4.69, 9.17) is 4.74 Å². The summed E-state index contributed by atoms with van der Waals surface area (Å²) in [6.45, 7) is 3.44. The molecule has 3 saturated heterocycles. The Bertz CT molecular complexity index is 620. The quantitative estimate of drug-likeness (QED) is 0.582. The van der Waals surface area contributed by atoms with Crippen LogP contribution in [0, 0.1) is 5.92 Å². The van der Waals surface area contributed by atoms with Gasteiger partial charge in [0.1, 0.15) is 6.04 Å². The van der Waals surface area contributed by atoms with Crippen LogP contribution in [0.4, 0.5) is 0 Å². The Kier molecular flexibility index (Phi) is 7.08. The zero-order chi connectivity index (χ0) is 17.9. The zero-order valence-corrected chi connectivity index (χ0v) is 16.2. The first kappa shape index (κ1) is 20.5. The molecule has 0 aromatic heterocycles. The first-order valence-electron chi connectivity index (χ1n) is 9.57. The largest absolute Gasteiger partial charge is 0.388 e. The van der Waals surface area contributed by atoms with E-state index in [1.807, 2.05) is 35.2 Å². The number of carbonyl (C=O) groups excluding carboxylic acids is 1. The predicted octanol–water partition coefficient (Wildman–Crippen LogP) is 0.214. The number of fused-ring (bicyclic) bond motifs is 1. The first-order valence-corrected chi connectivity index (χ1v) is 9.57. The number of aliphatic hydroxyl groups excluding tert-OH is 1. The van der Waals surface area contributed by atoms with Gasteiger partial charge in [-0.05, 0) is 18.5 Å². The molecule has 4 N–H and O–H groups in total. The highest BCUT2D eigenvalue weighted by Gasteiger charge is 2.44. The van der Waals surface area contributed by atoms with E-state index in [0.29, 0.717) is 32.2 Å². The summed E-state index contributed by atoms with van der Waals surface area (Å²) in [6, 6.07) is 9.63. The number of nitrogens with one attached hydrogen (secondary N) is 3. The number of morpholine rings is 1. The van der Waals surface area contributed by atoms with Crippen LogP contribution in [-0.2, 0) is 9.53 Å². The molecule has 3 aliphatic heterocycles. The molecule has 4 rings (SSSR count). The van der Waals surface area contributed by atoms with Gasteiger partial charge in [0.25, 0.3) is 0 Å². The van der Waals surface area contributed by atoms with E-state index < -0.39 is 6.10 Å². The Balaban J connectivity index is 0.00000210. The molecule has 5 atom stereocenters. The van der Waals surface area contributed by atoms with E-state index in [1.54, 1.807) is 0 Å². The van der Waals surface area contributed by atoms with Gasteiger partial charge in [0, 0.05) is 31.5 Å². The number of amides is 1. The second-order valence-corrected chi connectivity index (χ2v) is 7.45. The Morgan fingerprint density at radius 1 is 1.30 bits per heavy atom. The third-order valence-corrected chi connectivity index (χ3v) is 5.84. The van der Waals surface area contributed by atoms with Crippen molar-refractivity contribution in [3.05, 3.63) is 35.9 Å². The predicted molar refractivity (Wildman–Crippen MR) is 104 cm³/mol. The number of rotatable bonds is 4. The average molecular weight is 397 g/mol. The van der Waals surface area contributed by atoms with E-state index >= 15 is 0 Å². The van der Waals surface area contributed by atoms with Gasteiger partial charge in [0.2, 0.25) is 5.91 Å². The van der Waals surface area contributed by atoms with E-state index in [1.165, 1.54) is 0 Å². The van der Waals surface area contributed by atoms with Crippen molar-refractivity contribution in [3.8, 4) is 0 Å². The maximum atomic E-state index is 13.2. The van der Waals surface area contributed by atoms with Crippen LogP contribution in [0.5, 0.6) is 0 Å². The Morgan fingerprint density at radius 2 is 2.11 bits per heavy atom. The number of hydrogen-bond donors (Lipinski definition) is 4. The number of carbonyl (C=O) groups is 1. The monoisotopic (exact) mass is 396 g/mol. The van der Waals surface area contributed by atoms with Crippen molar-refractivity contribution in [2.45, 2.75) is 37.1 Å². The number of piperidine rings is 1. The van der Waals surface area contributed by atoms with Gasteiger partial charge in [-0.1, -0.05) is 30.3 Å². The minimum Gasteiger partial charge on any atom is -0.388 e. The highest BCUT2D eigenvalue weighted by atomic mass is 35.5. The van der Waals surface area contributed by atoms with Crippen LogP contribution in [0.15, 0.2) is 30.3 Å². The summed E-state index contributed by atoms with van der Waals surface area (Å²) in [4.78, 5) is 15.2. The van der Waals surface area contributed by atoms with Gasteiger partial charge in [-0.3, -0.25) is 10.2 Å². The van der Waals surface area contributed by atoms with Gasteiger partial charge in [-0.15, -0.1) is 12.4 Å². The van der Waals surface area contributed by atoms with Crippen molar-refractivity contribution < 1.29 is 14.6 Å². The fourth-order valence-electron chi connectivity index (χ4n) is 4.35. The number of nitrogens with zero attached hydrogens (tertiary/aromatic N) is 1. The molecule has 3 fully saturated rings. The van der Waals surface area contributed by atoms with Crippen LogP contribution in [-0.4, -0.2) is 66.9 Å². The summed E-state index contributed by atoms with van der Waals surface area (Å²) < 4.78 is 5.62. The van der Waals surface area contributed by atoms with Gasteiger partial charge in [-0.25, -0.2) is 5.43 Å². The molecule has 0 saturated carbocycles. The zero-order valence-electron chi connectivity index (χ0n) is 15.3. The summed E-state index contributed by atoms with van der Waals surface area (Å²) in [6.07, 6.45) is 0.917. The maximum Gasteiger partial charge on any atom is 0.241 e. The van der Waals surface area contributed by atoms with Gasteiger partial charge in [0.15, 0.2) is 0 Å². The number of aliphatic hydroxyl groups is 1. The van der Waals surface area contributed by atoms with Crippen LogP contribution in [0.3, 0.4) is 0 Å². The summed E-state index contributed by atoms with van der Waals surface area (Å²) in [5.74, 6) is 0.376. The van der Waals surface area contributed by atoms with Crippen molar-refractivity contribution in [1.29, 1.82) is 0 Å².